The quantitative estimate of drug-likeness (QED) is 0.634. The van der Waals surface area contributed by atoms with Crippen LogP contribution < -0.4 is 5.32 Å². The van der Waals surface area contributed by atoms with E-state index in [9.17, 15) is 0 Å². The molecule has 0 unspecified atom stereocenters. The molecule has 0 aromatic heterocycles. The molecule has 10 heavy (non-hydrogen) atoms. The number of nitrogens with one attached hydrogen (secondary N) is 1. The average molecular weight is 143 g/mol. The lowest BCUT2D eigenvalue weighted by Crippen LogP contribution is -2.32. The van der Waals surface area contributed by atoms with Gasteiger partial charge in [-0.15, -0.1) is 0 Å². The normalized spacial score (nSPS) is 19.5. The molecule has 1 aliphatic rings. The van der Waals surface area contributed by atoms with Crippen LogP contribution in [0, 0.1) is 5.92 Å². The molecular formula is C8H17NO. The first kappa shape index (κ1) is 8.02. The molecule has 1 heterocycles. The maximum Gasteiger partial charge on any atom is 0.0516 e. The monoisotopic (exact) mass is 143 g/mol. The molecule has 1 fully saturated rings. The zero-order valence-corrected chi connectivity index (χ0v) is 6.89. The van der Waals surface area contributed by atoms with E-state index < -0.39 is 0 Å². The minimum absolute atomic E-state index is 0.626. The molecule has 2 heteroatoms. The molecule has 0 amide bonds. The molecule has 0 aromatic carbocycles. The van der Waals surface area contributed by atoms with Crippen molar-refractivity contribution >= 4 is 0 Å². The molecule has 1 saturated heterocycles. The third-order valence-electron chi connectivity index (χ3n) is 1.81. The van der Waals surface area contributed by atoms with Gasteiger partial charge in [0.2, 0.25) is 0 Å². The summed E-state index contributed by atoms with van der Waals surface area (Å²) in [5, 5.41) is 3.39. The topological polar surface area (TPSA) is 21.3 Å². The molecule has 1 N–H and O–H groups in total. The van der Waals surface area contributed by atoms with Gasteiger partial charge in [-0.3, -0.25) is 0 Å². The van der Waals surface area contributed by atoms with Crippen molar-refractivity contribution in [3.63, 3.8) is 0 Å². The summed E-state index contributed by atoms with van der Waals surface area (Å²) in [5.41, 5.74) is 0. The Balaban J connectivity index is 1.85. The van der Waals surface area contributed by atoms with Crippen LogP contribution in [-0.2, 0) is 4.74 Å². The van der Waals surface area contributed by atoms with Gasteiger partial charge < -0.3 is 10.1 Å². The van der Waals surface area contributed by atoms with Gasteiger partial charge in [0.05, 0.1) is 13.2 Å². The molecule has 60 valence electrons. The summed E-state index contributed by atoms with van der Waals surface area (Å²) in [6.07, 6.45) is 1.28. The van der Waals surface area contributed by atoms with Gasteiger partial charge in [-0.25, -0.2) is 0 Å². The Morgan fingerprint density at radius 2 is 2.20 bits per heavy atom. The SMILES string of the molecule is CC(C)NCCC1COC1. The van der Waals surface area contributed by atoms with E-state index >= 15 is 0 Å². The van der Waals surface area contributed by atoms with Crippen molar-refractivity contribution in [3.05, 3.63) is 0 Å². The highest BCUT2D eigenvalue weighted by Gasteiger charge is 2.17. The van der Waals surface area contributed by atoms with Crippen LogP contribution in [0.2, 0.25) is 0 Å². The van der Waals surface area contributed by atoms with E-state index in [0.717, 1.165) is 25.7 Å². The fraction of sp³-hybridized carbons (Fsp3) is 1.00. The van der Waals surface area contributed by atoms with Gasteiger partial charge in [0.1, 0.15) is 0 Å². The summed E-state index contributed by atoms with van der Waals surface area (Å²) in [4.78, 5) is 0. The fourth-order valence-electron chi connectivity index (χ4n) is 1.03. The molecular weight excluding hydrogens is 126 g/mol. The van der Waals surface area contributed by atoms with E-state index in [0.29, 0.717) is 6.04 Å². The van der Waals surface area contributed by atoms with Crippen LogP contribution >= 0.6 is 0 Å². The number of hydrogen-bond donors (Lipinski definition) is 1. The van der Waals surface area contributed by atoms with Crippen molar-refractivity contribution in [3.8, 4) is 0 Å². The summed E-state index contributed by atoms with van der Waals surface area (Å²) >= 11 is 0. The predicted molar refractivity (Wildman–Crippen MR) is 42.1 cm³/mol. The first-order valence-electron chi connectivity index (χ1n) is 4.10. The summed E-state index contributed by atoms with van der Waals surface area (Å²) < 4.78 is 5.06. The summed E-state index contributed by atoms with van der Waals surface area (Å²) in [5.74, 6) is 0.839. The molecule has 2 nitrogen and oxygen atoms in total. The Labute approximate surface area is 63.0 Å². The molecule has 0 spiro atoms. The lowest BCUT2D eigenvalue weighted by molar-refractivity contribution is -0.0352. The van der Waals surface area contributed by atoms with E-state index in [4.69, 9.17) is 4.74 Å². The first-order valence-corrected chi connectivity index (χ1v) is 4.10. The molecule has 1 rings (SSSR count). The molecule has 0 saturated carbocycles. The molecule has 0 bridgehead atoms. The van der Waals surface area contributed by atoms with Gasteiger partial charge in [0, 0.05) is 12.0 Å². The number of ether oxygens (including phenoxy) is 1. The van der Waals surface area contributed by atoms with Crippen molar-refractivity contribution in [1.29, 1.82) is 0 Å². The Morgan fingerprint density at radius 1 is 1.50 bits per heavy atom. The third-order valence-corrected chi connectivity index (χ3v) is 1.81. The lowest BCUT2D eigenvalue weighted by atomic mass is 10.0. The second-order valence-electron chi connectivity index (χ2n) is 3.30. The Bertz CT molecular complexity index is 89.3. The van der Waals surface area contributed by atoms with Crippen molar-refractivity contribution < 1.29 is 4.74 Å². The van der Waals surface area contributed by atoms with Crippen molar-refractivity contribution in [2.75, 3.05) is 19.8 Å². The third kappa shape index (κ3) is 2.67. The van der Waals surface area contributed by atoms with Crippen LogP contribution in [0.1, 0.15) is 20.3 Å². The minimum Gasteiger partial charge on any atom is -0.381 e. The highest BCUT2D eigenvalue weighted by molar-refractivity contribution is 4.66. The average Bonchev–Trinajstić information content (AvgIpc) is 1.75. The maximum absolute atomic E-state index is 5.06. The van der Waals surface area contributed by atoms with Crippen molar-refractivity contribution in [2.45, 2.75) is 26.3 Å². The second kappa shape index (κ2) is 3.94. The van der Waals surface area contributed by atoms with Crippen LogP contribution in [0.4, 0.5) is 0 Å². The zero-order chi connectivity index (χ0) is 7.40. The van der Waals surface area contributed by atoms with Gasteiger partial charge in [-0.2, -0.15) is 0 Å². The Hall–Kier alpha value is -0.0800. The van der Waals surface area contributed by atoms with Gasteiger partial charge in [0.25, 0.3) is 0 Å². The number of hydrogen-bond acceptors (Lipinski definition) is 2. The number of rotatable bonds is 4. The summed E-state index contributed by atoms with van der Waals surface area (Å²) in [6.45, 7) is 7.47. The fourth-order valence-corrected chi connectivity index (χ4v) is 1.03. The smallest absolute Gasteiger partial charge is 0.0516 e. The van der Waals surface area contributed by atoms with Crippen LogP contribution in [-0.4, -0.2) is 25.8 Å². The predicted octanol–water partition coefficient (Wildman–Crippen LogP) is 1.02. The van der Waals surface area contributed by atoms with Gasteiger partial charge in [0.15, 0.2) is 0 Å². The van der Waals surface area contributed by atoms with E-state index in [1.54, 1.807) is 0 Å². The Morgan fingerprint density at radius 3 is 2.60 bits per heavy atom. The molecule has 0 aromatic rings. The summed E-state index contributed by atoms with van der Waals surface area (Å²) in [6, 6.07) is 0.626. The zero-order valence-electron chi connectivity index (χ0n) is 6.89. The standard InChI is InChI=1S/C8H17NO/c1-7(2)9-4-3-8-5-10-6-8/h7-9H,3-6H2,1-2H3. The lowest BCUT2D eigenvalue weighted by Gasteiger charge is -2.26. The molecule has 0 aliphatic carbocycles. The minimum atomic E-state index is 0.626. The van der Waals surface area contributed by atoms with E-state index in [-0.39, 0.29) is 0 Å². The van der Waals surface area contributed by atoms with E-state index in [1.165, 1.54) is 6.42 Å². The second-order valence-corrected chi connectivity index (χ2v) is 3.30. The first-order chi connectivity index (χ1) is 4.79. The van der Waals surface area contributed by atoms with Crippen LogP contribution in [0.5, 0.6) is 0 Å². The van der Waals surface area contributed by atoms with Crippen LogP contribution in [0.3, 0.4) is 0 Å². The molecule has 1 aliphatic heterocycles. The van der Waals surface area contributed by atoms with Crippen LogP contribution in [0.15, 0.2) is 0 Å². The van der Waals surface area contributed by atoms with Crippen molar-refractivity contribution in [1.82, 2.24) is 5.32 Å². The highest BCUT2D eigenvalue weighted by atomic mass is 16.5. The highest BCUT2D eigenvalue weighted by Crippen LogP contribution is 2.12. The summed E-state index contributed by atoms with van der Waals surface area (Å²) in [7, 11) is 0. The van der Waals surface area contributed by atoms with Crippen LogP contribution in [0.25, 0.3) is 0 Å². The van der Waals surface area contributed by atoms with E-state index in [2.05, 4.69) is 19.2 Å². The maximum atomic E-state index is 5.06. The van der Waals surface area contributed by atoms with Gasteiger partial charge >= 0.3 is 0 Å². The largest absolute Gasteiger partial charge is 0.381 e. The molecule has 0 radical (unpaired) electrons. The Kier molecular flexibility index (Phi) is 3.16. The molecule has 0 atom stereocenters. The van der Waals surface area contributed by atoms with E-state index in [1.807, 2.05) is 0 Å². The van der Waals surface area contributed by atoms with Gasteiger partial charge in [-0.1, -0.05) is 13.8 Å². The van der Waals surface area contributed by atoms with Crippen molar-refractivity contribution in [2.24, 2.45) is 5.92 Å². The van der Waals surface area contributed by atoms with Gasteiger partial charge in [-0.05, 0) is 13.0 Å².